The molecule has 0 aliphatic heterocycles. The first kappa shape index (κ1) is 15.6. The molecule has 1 fully saturated rings. The van der Waals surface area contributed by atoms with Gasteiger partial charge in [0.15, 0.2) is 0 Å². The standard InChI is InChI=1S/C18H19N5O2/c1-2-12-5-3-4-6-14(12)20-16(24)10-23-9-15(19-11-23)17-21-18(25-22-17)13-7-8-13/h3-6,9,11,13H,2,7-8,10H2,1H3,(H,20,24). The molecule has 0 atom stereocenters. The van der Waals surface area contributed by atoms with Gasteiger partial charge in [0.1, 0.15) is 12.2 Å². The van der Waals surface area contributed by atoms with Crippen molar-refractivity contribution < 1.29 is 9.32 Å². The molecule has 25 heavy (non-hydrogen) atoms. The van der Waals surface area contributed by atoms with Crippen LogP contribution in [-0.2, 0) is 17.8 Å². The molecule has 7 heteroatoms. The van der Waals surface area contributed by atoms with Crippen molar-refractivity contribution in [3.05, 3.63) is 48.2 Å². The number of benzene rings is 1. The van der Waals surface area contributed by atoms with E-state index in [0.717, 1.165) is 30.5 Å². The molecule has 0 bridgehead atoms. The van der Waals surface area contributed by atoms with E-state index in [9.17, 15) is 4.79 Å². The highest BCUT2D eigenvalue weighted by Gasteiger charge is 2.30. The van der Waals surface area contributed by atoms with Crippen molar-refractivity contribution in [1.29, 1.82) is 0 Å². The third kappa shape index (κ3) is 3.45. The molecule has 7 nitrogen and oxygen atoms in total. The Balaban J connectivity index is 1.42. The van der Waals surface area contributed by atoms with Crippen LogP contribution in [0.1, 0.15) is 37.1 Å². The second kappa shape index (κ2) is 6.51. The van der Waals surface area contributed by atoms with Crippen LogP contribution in [0.15, 0.2) is 41.3 Å². The van der Waals surface area contributed by atoms with Crippen molar-refractivity contribution in [2.45, 2.75) is 38.6 Å². The normalized spacial score (nSPS) is 13.8. The average Bonchev–Trinajstić information content (AvgIpc) is 3.16. The second-order valence-electron chi connectivity index (χ2n) is 6.22. The van der Waals surface area contributed by atoms with Crippen LogP contribution in [0.2, 0.25) is 0 Å². The molecule has 128 valence electrons. The molecule has 1 aliphatic carbocycles. The molecule has 2 aromatic heterocycles. The summed E-state index contributed by atoms with van der Waals surface area (Å²) in [7, 11) is 0. The van der Waals surface area contributed by atoms with Gasteiger partial charge in [-0.05, 0) is 30.9 Å². The minimum Gasteiger partial charge on any atom is -0.339 e. The van der Waals surface area contributed by atoms with Gasteiger partial charge in [-0.2, -0.15) is 4.98 Å². The first-order chi connectivity index (χ1) is 12.2. The zero-order valence-corrected chi connectivity index (χ0v) is 14.0. The quantitative estimate of drug-likeness (QED) is 0.747. The zero-order valence-electron chi connectivity index (χ0n) is 14.0. The predicted molar refractivity (Wildman–Crippen MR) is 91.9 cm³/mol. The van der Waals surface area contributed by atoms with E-state index in [1.807, 2.05) is 24.3 Å². The Labute approximate surface area is 145 Å². The van der Waals surface area contributed by atoms with E-state index in [1.165, 1.54) is 0 Å². The number of para-hydroxylation sites is 1. The average molecular weight is 337 g/mol. The summed E-state index contributed by atoms with van der Waals surface area (Å²) in [5, 5.41) is 6.92. The van der Waals surface area contributed by atoms with E-state index in [4.69, 9.17) is 4.52 Å². The number of imidazole rings is 1. The lowest BCUT2D eigenvalue weighted by Gasteiger charge is -2.09. The molecule has 0 radical (unpaired) electrons. The SMILES string of the molecule is CCc1ccccc1NC(=O)Cn1cnc(-c2noc(C3CC3)n2)c1. The van der Waals surface area contributed by atoms with E-state index >= 15 is 0 Å². The molecule has 3 aromatic rings. The highest BCUT2D eigenvalue weighted by Crippen LogP contribution is 2.39. The lowest BCUT2D eigenvalue weighted by molar-refractivity contribution is -0.116. The number of carbonyl (C=O) groups excluding carboxylic acids is 1. The van der Waals surface area contributed by atoms with Crippen molar-refractivity contribution in [1.82, 2.24) is 19.7 Å². The maximum Gasteiger partial charge on any atom is 0.244 e. The minimum atomic E-state index is -0.100. The maximum atomic E-state index is 12.3. The van der Waals surface area contributed by atoms with Gasteiger partial charge in [-0.3, -0.25) is 4.79 Å². The molecule has 1 N–H and O–H groups in total. The Bertz CT molecular complexity index is 894. The summed E-state index contributed by atoms with van der Waals surface area (Å²) in [6, 6.07) is 7.81. The molecule has 0 spiro atoms. The number of carbonyl (C=O) groups is 1. The molecule has 1 aromatic carbocycles. The van der Waals surface area contributed by atoms with Gasteiger partial charge in [0.25, 0.3) is 0 Å². The van der Waals surface area contributed by atoms with Crippen molar-refractivity contribution in [3.63, 3.8) is 0 Å². The smallest absolute Gasteiger partial charge is 0.244 e. The summed E-state index contributed by atoms with van der Waals surface area (Å²) in [4.78, 5) is 20.9. The monoisotopic (exact) mass is 337 g/mol. The van der Waals surface area contributed by atoms with Gasteiger partial charge in [-0.15, -0.1) is 0 Å². The van der Waals surface area contributed by atoms with E-state index in [-0.39, 0.29) is 12.5 Å². The van der Waals surface area contributed by atoms with Gasteiger partial charge >= 0.3 is 0 Å². The van der Waals surface area contributed by atoms with Crippen molar-refractivity contribution in [2.75, 3.05) is 5.32 Å². The van der Waals surface area contributed by atoms with E-state index < -0.39 is 0 Å². The number of aromatic nitrogens is 4. The molecule has 1 amide bonds. The molecular formula is C18H19N5O2. The predicted octanol–water partition coefficient (Wildman–Crippen LogP) is 3.01. The Morgan fingerprint density at radius 1 is 1.36 bits per heavy atom. The van der Waals surface area contributed by atoms with Crippen LogP contribution in [0, 0.1) is 0 Å². The van der Waals surface area contributed by atoms with Crippen LogP contribution in [0.4, 0.5) is 5.69 Å². The Kier molecular flexibility index (Phi) is 4.05. The third-order valence-corrected chi connectivity index (χ3v) is 4.23. The molecular weight excluding hydrogens is 318 g/mol. The Morgan fingerprint density at radius 3 is 3.00 bits per heavy atom. The first-order valence-corrected chi connectivity index (χ1v) is 8.46. The Morgan fingerprint density at radius 2 is 2.20 bits per heavy atom. The largest absolute Gasteiger partial charge is 0.339 e. The first-order valence-electron chi connectivity index (χ1n) is 8.46. The maximum absolute atomic E-state index is 12.3. The van der Waals surface area contributed by atoms with Crippen LogP contribution in [-0.4, -0.2) is 25.6 Å². The van der Waals surface area contributed by atoms with Gasteiger partial charge in [-0.25, -0.2) is 4.98 Å². The summed E-state index contributed by atoms with van der Waals surface area (Å²) in [5.74, 6) is 1.46. The highest BCUT2D eigenvalue weighted by atomic mass is 16.5. The summed E-state index contributed by atoms with van der Waals surface area (Å²) in [6.07, 6.45) is 6.44. The number of aryl methyl sites for hydroxylation is 1. The van der Waals surface area contributed by atoms with Crippen LogP contribution >= 0.6 is 0 Å². The number of nitrogens with one attached hydrogen (secondary N) is 1. The second-order valence-corrected chi connectivity index (χ2v) is 6.22. The van der Waals surface area contributed by atoms with Gasteiger partial charge in [-0.1, -0.05) is 30.3 Å². The van der Waals surface area contributed by atoms with Crippen molar-refractivity contribution in [2.24, 2.45) is 0 Å². The molecule has 1 aliphatic rings. The summed E-state index contributed by atoms with van der Waals surface area (Å²) < 4.78 is 6.96. The highest BCUT2D eigenvalue weighted by molar-refractivity contribution is 5.91. The lowest BCUT2D eigenvalue weighted by Crippen LogP contribution is -2.18. The van der Waals surface area contributed by atoms with Crippen molar-refractivity contribution >= 4 is 11.6 Å². The zero-order chi connectivity index (χ0) is 17.2. The molecule has 4 rings (SSSR count). The van der Waals surface area contributed by atoms with Crippen LogP contribution in [0.3, 0.4) is 0 Å². The molecule has 1 saturated carbocycles. The topological polar surface area (TPSA) is 85.8 Å². The van der Waals surface area contributed by atoms with Crippen molar-refractivity contribution in [3.8, 4) is 11.5 Å². The summed E-state index contributed by atoms with van der Waals surface area (Å²) >= 11 is 0. The Hall–Kier alpha value is -2.96. The van der Waals surface area contributed by atoms with E-state index in [1.54, 1.807) is 17.1 Å². The number of rotatable bonds is 6. The number of hydrogen-bond acceptors (Lipinski definition) is 5. The number of anilines is 1. The van der Waals surface area contributed by atoms with Crippen LogP contribution < -0.4 is 5.32 Å². The van der Waals surface area contributed by atoms with Crippen LogP contribution in [0.5, 0.6) is 0 Å². The fourth-order valence-electron chi connectivity index (χ4n) is 2.70. The number of amides is 1. The van der Waals surface area contributed by atoms with E-state index in [2.05, 4.69) is 27.4 Å². The fraction of sp³-hybridized carbons (Fsp3) is 0.333. The van der Waals surface area contributed by atoms with Crippen LogP contribution in [0.25, 0.3) is 11.5 Å². The molecule has 2 heterocycles. The number of nitrogens with zero attached hydrogens (tertiary/aromatic N) is 4. The minimum absolute atomic E-state index is 0.100. The third-order valence-electron chi connectivity index (χ3n) is 4.23. The van der Waals surface area contributed by atoms with Gasteiger partial charge in [0.2, 0.25) is 17.6 Å². The molecule has 0 unspecified atom stereocenters. The van der Waals surface area contributed by atoms with Gasteiger partial charge in [0.05, 0.1) is 6.33 Å². The fourth-order valence-corrected chi connectivity index (χ4v) is 2.70. The lowest BCUT2D eigenvalue weighted by atomic mass is 10.1. The molecule has 0 saturated heterocycles. The number of hydrogen-bond donors (Lipinski definition) is 1. The van der Waals surface area contributed by atoms with Gasteiger partial charge in [0, 0.05) is 17.8 Å². The summed E-state index contributed by atoms with van der Waals surface area (Å²) in [6.45, 7) is 2.24. The van der Waals surface area contributed by atoms with Gasteiger partial charge < -0.3 is 14.4 Å². The van der Waals surface area contributed by atoms with E-state index in [0.29, 0.717) is 23.3 Å². The summed E-state index contributed by atoms with van der Waals surface area (Å²) in [5.41, 5.74) is 2.57.